The Morgan fingerprint density at radius 2 is 1.00 bits per heavy atom. The van der Waals surface area contributed by atoms with Crippen LogP contribution in [0.1, 0.15) is 207 Å². The summed E-state index contributed by atoms with van der Waals surface area (Å²) >= 11 is 0. The number of likely N-dealkylation sites (N-methyl/N-ethyl adjacent to an activating group) is 1. The molecular formula is C46H89N3O3. The Balaban J connectivity index is 4.34. The molecule has 0 rings (SSSR count). The summed E-state index contributed by atoms with van der Waals surface area (Å²) in [4.78, 5) is 30.1. The van der Waals surface area contributed by atoms with Gasteiger partial charge < -0.3 is 19.9 Å². The van der Waals surface area contributed by atoms with E-state index in [1.807, 2.05) is 0 Å². The first-order valence-electron chi connectivity index (χ1n) is 22.6. The van der Waals surface area contributed by atoms with Gasteiger partial charge in [0, 0.05) is 39.1 Å². The summed E-state index contributed by atoms with van der Waals surface area (Å²) in [6, 6.07) is 0. The molecule has 0 radical (unpaired) electrons. The summed E-state index contributed by atoms with van der Waals surface area (Å²) in [5.41, 5.74) is 0. The lowest BCUT2D eigenvalue weighted by atomic mass is 10.0. The number of amides is 1. The van der Waals surface area contributed by atoms with Crippen LogP contribution >= 0.6 is 0 Å². The molecule has 0 aromatic heterocycles. The number of nitrogens with zero attached hydrogens (tertiary/aromatic N) is 2. The molecular weight excluding hydrogens is 643 g/mol. The van der Waals surface area contributed by atoms with Crippen LogP contribution in [0, 0.1) is 0 Å². The van der Waals surface area contributed by atoms with Gasteiger partial charge in [-0.15, -0.1) is 0 Å². The number of allylic oxidation sites excluding steroid dienone is 4. The maximum atomic E-state index is 13.1. The number of ether oxygens (including phenoxy) is 1. The zero-order valence-electron chi connectivity index (χ0n) is 35.5. The van der Waals surface area contributed by atoms with Crippen LogP contribution < -0.4 is 5.32 Å². The predicted octanol–water partition coefficient (Wildman–Crippen LogP) is 12.4. The number of esters is 1. The largest absolute Gasteiger partial charge is 0.462 e. The number of unbranched alkanes of at least 4 members (excludes halogenated alkanes) is 20. The van der Waals surface area contributed by atoms with Crippen LogP contribution in [0.4, 0.5) is 0 Å². The molecule has 1 N–H and O–H groups in total. The van der Waals surface area contributed by atoms with Crippen LogP contribution in [0.15, 0.2) is 24.3 Å². The summed E-state index contributed by atoms with van der Waals surface area (Å²) in [6.07, 6.45) is 43.5. The summed E-state index contributed by atoms with van der Waals surface area (Å²) in [5.74, 6) is 0.0457. The molecule has 0 aromatic carbocycles. The standard InChI is InChI=1S/C46H89N3O3/c1-6-9-12-15-18-19-20-21-22-23-24-25-26-28-31-34-39-47-45(50)37-40-49(43-42-48(4)5)41-38-46(51)52-44(35-32-29-17-14-11-8-3)36-33-30-27-16-13-10-7-2/h18-19,21-22,44H,6-17,20,23-43H2,1-5H3,(H,47,50)/b19-18-,22-21-. The van der Waals surface area contributed by atoms with E-state index in [0.29, 0.717) is 25.9 Å². The minimum Gasteiger partial charge on any atom is -0.462 e. The fourth-order valence-corrected chi connectivity index (χ4v) is 6.60. The summed E-state index contributed by atoms with van der Waals surface area (Å²) < 4.78 is 6.11. The molecule has 6 heteroatoms. The topological polar surface area (TPSA) is 61.9 Å². The molecule has 0 fully saturated rings. The average Bonchev–Trinajstić information content (AvgIpc) is 3.13. The number of rotatable bonds is 40. The zero-order chi connectivity index (χ0) is 38.2. The Labute approximate surface area is 324 Å². The van der Waals surface area contributed by atoms with Crippen LogP contribution in [-0.4, -0.2) is 74.6 Å². The van der Waals surface area contributed by atoms with Gasteiger partial charge in [-0.2, -0.15) is 0 Å². The maximum Gasteiger partial charge on any atom is 0.307 e. The molecule has 6 nitrogen and oxygen atoms in total. The van der Waals surface area contributed by atoms with Crippen LogP contribution in [0.3, 0.4) is 0 Å². The molecule has 0 heterocycles. The molecule has 1 amide bonds. The van der Waals surface area contributed by atoms with E-state index < -0.39 is 0 Å². The molecule has 0 saturated heterocycles. The smallest absolute Gasteiger partial charge is 0.307 e. The van der Waals surface area contributed by atoms with Gasteiger partial charge in [0.1, 0.15) is 6.10 Å². The monoisotopic (exact) mass is 732 g/mol. The second-order valence-corrected chi connectivity index (χ2v) is 15.7. The Hall–Kier alpha value is -1.66. The van der Waals surface area contributed by atoms with E-state index in [9.17, 15) is 9.59 Å². The Morgan fingerprint density at radius 1 is 0.538 bits per heavy atom. The fourth-order valence-electron chi connectivity index (χ4n) is 6.60. The van der Waals surface area contributed by atoms with Gasteiger partial charge in [0.15, 0.2) is 0 Å². The van der Waals surface area contributed by atoms with Gasteiger partial charge in [-0.1, -0.05) is 154 Å². The molecule has 0 aliphatic heterocycles. The third-order valence-corrected chi connectivity index (χ3v) is 10.2. The van der Waals surface area contributed by atoms with E-state index in [2.05, 4.69) is 74.3 Å². The SMILES string of the molecule is CCCCC/C=C\C/C=C\CCCCCCCCNC(=O)CCN(CCC(=O)OC(CCCCCCCC)CCCCCCCCC)CCN(C)C. The summed E-state index contributed by atoms with van der Waals surface area (Å²) in [7, 11) is 4.14. The highest BCUT2D eigenvalue weighted by Gasteiger charge is 2.17. The highest BCUT2D eigenvalue weighted by atomic mass is 16.5. The van der Waals surface area contributed by atoms with Gasteiger partial charge in [0.25, 0.3) is 0 Å². The molecule has 0 saturated carbocycles. The van der Waals surface area contributed by atoms with E-state index in [1.54, 1.807) is 0 Å². The third-order valence-electron chi connectivity index (χ3n) is 10.2. The van der Waals surface area contributed by atoms with Crippen molar-refractivity contribution in [1.29, 1.82) is 0 Å². The fraction of sp³-hybridized carbons (Fsp3) is 0.870. The summed E-state index contributed by atoms with van der Waals surface area (Å²) in [5, 5.41) is 3.13. The lowest BCUT2D eigenvalue weighted by Crippen LogP contribution is -2.37. The lowest BCUT2D eigenvalue weighted by Gasteiger charge is -2.24. The van der Waals surface area contributed by atoms with Crippen molar-refractivity contribution in [3.63, 3.8) is 0 Å². The molecule has 0 bridgehead atoms. The highest BCUT2D eigenvalue weighted by molar-refractivity contribution is 5.76. The number of hydrogen-bond donors (Lipinski definition) is 1. The number of carbonyl (C=O) groups is 2. The second kappa shape index (κ2) is 40.5. The number of carbonyl (C=O) groups excluding carboxylic acids is 2. The van der Waals surface area contributed by atoms with Crippen LogP contribution in [0.25, 0.3) is 0 Å². The van der Waals surface area contributed by atoms with E-state index >= 15 is 0 Å². The second-order valence-electron chi connectivity index (χ2n) is 15.7. The van der Waals surface area contributed by atoms with Crippen molar-refractivity contribution in [2.75, 3.05) is 46.8 Å². The van der Waals surface area contributed by atoms with Crippen LogP contribution in [0.2, 0.25) is 0 Å². The maximum absolute atomic E-state index is 13.1. The minimum absolute atomic E-state index is 0.0508. The van der Waals surface area contributed by atoms with Crippen molar-refractivity contribution in [1.82, 2.24) is 15.1 Å². The Bertz CT molecular complexity index is 828. The van der Waals surface area contributed by atoms with Crippen molar-refractivity contribution in [3.05, 3.63) is 24.3 Å². The molecule has 0 aliphatic carbocycles. The first-order chi connectivity index (χ1) is 25.4. The number of hydrogen-bond acceptors (Lipinski definition) is 5. The van der Waals surface area contributed by atoms with Crippen LogP contribution in [0.5, 0.6) is 0 Å². The lowest BCUT2D eigenvalue weighted by molar-refractivity contribution is -0.150. The number of nitrogens with one attached hydrogen (secondary N) is 1. The molecule has 0 aliphatic rings. The van der Waals surface area contributed by atoms with E-state index in [0.717, 1.165) is 58.2 Å². The molecule has 0 spiro atoms. The van der Waals surface area contributed by atoms with Gasteiger partial charge in [0.2, 0.25) is 5.91 Å². The first-order valence-corrected chi connectivity index (χ1v) is 22.6. The van der Waals surface area contributed by atoms with Crippen molar-refractivity contribution in [3.8, 4) is 0 Å². The third kappa shape index (κ3) is 38.1. The Morgan fingerprint density at radius 3 is 1.56 bits per heavy atom. The Kier molecular flexibility index (Phi) is 39.2. The normalized spacial score (nSPS) is 12.5. The molecule has 0 aromatic rings. The van der Waals surface area contributed by atoms with Gasteiger partial charge in [-0.25, -0.2) is 0 Å². The van der Waals surface area contributed by atoms with E-state index in [4.69, 9.17) is 4.74 Å². The van der Waals surface area contributed by atoms with Gasteiger partial charge >= 0.3 is 5.97 Å². The predicted molar refractivity (Wildman–Crippen MR) is 227 cm³/mol. The van der Waals surface area contributed by atoms with Crippen molar-refractivity contribution < 1.29 is 14.3 Å². The van der Waals surface area contributed by atoms with Gasteiger partial charge in [0.05, 0.1) is 6.42 Å². The molecule has 306 valence electrons. The summed E-state index contributed by atoms with van der Waals surface area (Å²) in [6.45, 7) is 10.6. The average molecular weight is 732 g/mol. The molecule has 1 atom stereocenters. The first kappa shape index (κ1) is 50.3. The minimum atomic E-state index is -0.0735. The van der Waals surface area contributed by atoms with Crippen molar-refractivity contribution in [2.24, 2.45) is 0 Å². The van der Waals surface area contributed by atoms with Crippen molar-refractivity contribution in [2.45, 2.75) is 213 Å². The van der Waals surface area contributed by atoms with E-state index in [-0.39, 0.29) is 18.0 Å². The van der Waals surface area contributed by atoms with Gasteiger partial charge in [-0.3, -0.25) is 9.59 Å². The molecule has 52 heavy (non-hydrogen) atoms. The van der Waals surface area contributed by atoms with E-state index in [1.165, 1.54) is 135 Å². The van der Waals surface area contributed by atoms with Crippen LogP contribution in [-0.2, 0) is 14.3 Å². The quantitative estimate of drug-likeness (QED) is 0.0386. The molecule has 1 unspecified atom stereocenters. The van der Waals surface area contributed by atoms with Gasteiger partial charge in [-0.05, 0) is 78.3 Å². The van der Waals surface area contributed by atoms with Crippen molar-refractivity contribution >= 4 is 11.9 Å². The highest BCUT2D eigenvalue weighted by Crippen LogP contribution is 2.18. The zero-order valence-corrected chi connectivity index (χ0v) is 35.5.